The minimum atomic E-state index is -0.564. The second-order valence-corrected chi connectivity index (χ2v) is 11.3. The molecule has 3 heterocycles. The zero-order chi connectivity index (χ0) is 27.5. The van der Waals surface area contributed by atoms with Crippen molar-refractivity contribution in [2.24, 2.45) is 5.41 Å². The van der Waals surface area contributed by atoms with Crippen molar-refractivity contribution in [3.05, 3.63) is 33.8 Å². The molecular formula is C26H35Cl2N5O4. The Kier molecular flexibility index (Phi) is 8.90. The summed E-state index contributed by atoms with van der Waals surface area (Å²) in [5.41, 5.74) is 0.878. The lowest BCUT2D eigenvalue weighted by atomic mass is 9.74. The van der Waals surface area contributed by atoms with Gasteiger partial charge in [-0.25, -0.2) is 19.6 Å². The van der Waals surface area contributed by atoms with Crippen molar-refractivity contribution < 1.29 is 19.1 Å². The van der Waals surface area contributed by atoms with Gasteiger partial charge in [0.05, 0.1) is 28.0 Å². The molecule has 0 aliphatic carbocycles. The number of hydrogen-bond acceptors (Lipinski definition) is 8. The van der Waals surface area contributed by atoms with E-state index in [2.05, 4.69) is 22.2 Å². The summed E-state index contributed by atoms with van der Waals surface area (Å²) in [6.45, 7) is 14.6. The number of anilines is 1. The van der Waals surface area contributed by atoms with E-state index in [1.807, 2.05) is 32.6 Å². The number of amides is 1. The third kappa shape index (κ3) is 6.82. The number of rotatable bonds is 6. The van der Waals surface area contributed by atoms with Crippen molar-refractivity contribution in [3.63, 3.8) is 0 Å². The molecule has 0 bridgehead atoms. The Balaban J connectivity index is 1.86. The first-order valence-corrected chi connectivity index (χ1v) is 13.1. The number of ether oxygens (including phenoxy) is 2. The molecular weight excluding hydrogens is 517 g/mol. The fourth-order valence-corrected chi connectivity index (χ4v) is 4.57. The van der Waals surface area contributed by atoms with E-state index in [0.717, 1.165) is 12.8 Å². The largest absolute Gasteiger partial charge is 0.461 e. The predicted octanol–water partition coefficient (Wildman–Crippen LogP) is 5.85. The molecule has 1 atom stereocenters. The number of halogens is 2. The molecule has 9 nitrogen and oxygen atoms in total. The molecule has 2 aromatic heterocycles. The number of alkyl carbamates (subject to hydrolysis) is 1. The molecule has 2 aromatic rings. The highest BCUT2D eigenvalue weighted by atomic mass is 35.5. The average molecular weight is 553 g/mol. The highest BCUT2D eigenvalue weighted by Crippen LogP contribution is 2.38. The Morgan fingerprint density at radius 1 is 1.19 bits per heavy atom. The van der Waals surface area contributed by atoms with Gasteiger partial charge in [-0.15, -0.1) is 0 Å². The molecule has 0 aromatic carbocycles. The van der Waals surface area contributed by atoms with Crippen LogP contribution in [0.2, 0.25) is 10.0 Å². The molecule has 1 aliphatic rings. The fraction of sp³-hybridized carbons (Fsp3) is 0.577. The lowest BCUT2D eigenvalue weighted by Gasteiger charge is -2.44. The highest BCUT2D eigenvalue weighted by Gasteiger charge is 2.38. The van der Waals surface area contributed by atoms with Crippen LogP contribution in [0.15, 0.2) is 12.4 Å². The van der Waals surface area contributed by atoms with Crippen molar-refractivity contribution in [2.75, 3.05) is 24.6 Å². The van der Waals surface area contributed by atoms with Crippen LogP contribution in [-0.2, 0) is 9.47 Å². The van der Waals surface area contributed by atoms with Gasteiger partial charge in [0, 0.05) is 37.1 Å². The molecule has 1 saturated heterocycles. The normalized spacial score (nSPS) is 16.2. The minimum absolute atomic E-state index is 0.110. The molecule has 1 fully saturated rings. The standard InChI is InChI=1S/C26H35Cl2N5O4/c1-8-36-23(34)21-22(30-15(2)20(32-21)17-13-29-14-18(27)19(17)28)33-11-9-26(7,10-12-33)16(3)31-24(35)37-25(4,5)6/h13-14,16H,8-12H2,1-7H3,(H,31,35). The van der Waals surface area contributed by atoms with Gasteiger partial charge in [0.25, 0.3) is 0 Å². The Labute approximate surface area is 228 Å². The summed E-state index contributed by atoms with van der Waals surface area (Å²) in [5.74, 6) is -0.105. The average Bonchev–Trinajstić information content (AvgIpc) is 2.80. The van der Waals surface area contributed by atoms with Crippen LogP contribution in [0, 0.1) is 12.3 Å². The first kappa shape index (κ1) is 28.9. The number of aryl methyl sites for hydroxylation is 1. The molecule has 37 heavy (non-hydrogen) atoms. The maximum Gasteiger partial charge on any atom is 0.407 e. The van der Waals surface area contributed by atoms with Crippen LogP contribution in [0.4, 0.5) is 10.6 Å². The quantitative estimate of drug-likeness (QED) is 0.445. The number of pyridine rings is 1. The Bertz CT molecular complexity index is 1160. The zero-order valence-electron chi connectivity index (χ0n) is 22.4. The molecule has 11 heteroatoms. The number of piperidine rings is 1. The van der Waals surface area contributed by atoms with Crippen molar-refractivity contribution in [3.8, 4) is 11.3 Å². The molecule has 202 valence electrons. The molecule has 0 spiro atoms. The number of nitrogens with zero attached hydrogens (tertiary/aromatic N) is 4. The van der Waals surface area contributed by atoms with Gasteiger partial charge in [0.1, 0.15) is 5.60 Å². The summed E-state index contributed by atoms with van der Waals surface area (Å²) in [5, 5.41) is 3.55. The van der Waals surface area contributed by atoms with E-state index in [0.29, 0.717) is 35.9 Å². The Morgan fingerprint density at radius 3 is 2.43 bits per heavy atom. The Morgan fingerprint density at radius 2 is 1.84 bits per heavy atom. The van der Waals surface area contributed by atoms with Crippen LogP contribution in [0.3, 0.4) is 0 Å². The third-order valence-electron chi connectivity index (χ3n) is 6.60. The smallest absolute Gasteiger partial charge is 0.407 e. The summed E-state index contributed by atoms with van der Waals surface area (Å²) >= 11 is 12.6. The summed E-state index contributed by atoms with van der Waals surface area (Å²) in [7, 11) is 0. The van der Waals surface area contributed by atoms with Crippen LogP contribution in [0.5, 0.6) is 0 Å². The first-order chi connectivity index (χ1) is 17.3. The van der Waals surface area contributed by atoms with Crippen molar-refractivity contribution in [2.45, 2.75) is 73.0 Å². The van der Waals surface area contributed by atoms with Crippen molar-refractivity contribution in [1.29, 1.82) is 0 Å². The minimum Gasteiger partial charge on any atom is -0.461 e. The molecule has 0 radical (unpaired) electrons. The van der Waals surface area contributed by atoms with E-state index in [4.69, 9.17) is 37.7 Å². The number of esters is 1. The zero-order valence-corrected chi connectivity index (χ0v) is 24.0. The SMILES string of the molecule is CCOC(=O)c1nc(-c2cncc(Cl)c2Cl)c(C)nc1N1CCC(C)(C(C)NC(=O)OC(C)(C)C)CC1. The van der Waals surface area contributed by atoms with E-state index in [1.54, 1.807) is 20.0 Å². The van der Waals surface area contributed by atoms with Gasteiger partial charge in [0.15, 0.2) is 11.5 Å². The lowest BCUT2D eigenvalue weighted by Crippen LogP contribution is -2.51. The summed E-state index contributed by atoms with van der Waals surface area (Å²) in [6.07, 6.45) is 4.09. The number of carbonyl (C=O) groups is 2. The second-order valence-electron chi connectivity index (χ2n) is 10.5. The third-order valence-corrected chi connectivity index (χ3v) is 7.39. The lowest BCUT2D eigenvalue weighted by molar-refractivity contribution is 0.0439. The van der Waals surface area contributed by atoms with Gasteiger partial charge in [-0.1, -0.05) is 30.1 Å². The topological polar surface area (TPSA) is 107 Å². The van der Waals surface area contributed by atoms with Gasteiger partial charge >= 0.3 is 12.1 Å². The van der Waals surface area contributed by atoms with Gasteiger partial charge in [-0.3, -0.25) is 4.98 Å². The molecule has 3 rings (SSSR count). The molecule has 1 aliphatic heterocycles. The van der Waals surface area contributed by atoms with Crippen LogP contribution in [0.25, 0.3) is 11.3 Å². The molecule has 1 amide bonds. The fourth-order valence-electron chi connectivity index (χ4n) is 4.22. The number of aromatic nitrogens is 3. The van der Waals surface area contributed by atoms with Crippen LogP contribution in [0.1, 0.15) is 70.6 Å². The number of nitrogens with one attached hydrogen (secondary N) is 1. The molecule has 1 N–H and O–H groups in total. The van der Waals surface area contributed by atoms with Gasteiger partial charge in [0.2, 0.25) is 0 Å². The monoisotopic (exact) mass is 551 g/mol. The Hall–Kier alpha value is -2.65. The number of hydrogen-bond donors (Lipinski definition) is 1. The van der Waals surface area contributed by atoms with Gasteiger partial charge in [-0.2, -0.15) is 0 Å². The van der Waals surface area contributed by atoms with Gasteiger partial charge in [-0.05, 0) is 59.8 Å². The first-order valence-electron chi connectivity index (χ1n) is 12.4. The van der Waals surface area contributed by atoms with Crippen molar-refractivity contribution in [1.82, 2.24) is 20.3 Å². The maximum atomic E-state index is 12.9. The van der Waals surface area contributed by atoms with Crippen LogP contribution < -0.4 is 10.2 Å². The van der Waals surface area contributed by atoms with E-state index >= 15 is 0 Å². The van der Waals surface area contributed by atoms with E-state index in [9.17, 15) is 9.59 Å². The number of carbonyl (C=O) groups excluding carboxylic acids is 2. The van der Waals surface area contributed by atoms with E-state index < -0.39 is 17.7 Å². The summed E-state index contributed by atoms with van der Waals surface area (Å²) < 4.78 is 10.7. The summed E-state index contributed by atoms with van der Waals surface area (Å²) in [4.78, 5) is 40.8. The maximum absolute atomic E-state index is 12.9. The van der Waals surface area contributed by atoms with Gasteiger partial charge < -0.3 is 19.7 Å². The predicted molar refractivity (Wildman–Crippen MR) is 144 cm³/mol. The highest BCUT2D eigenvalue weighted by molar-refractivity contribution is 6.43. The second kappa shape index (κ2) is 11.4. The molecule has 1 unspecified atom stereocenters. The summed E-state index contributed by atoms with van der Waals surface area (Å²) in [6, 6.07) is -0.110. The van der Waals surface area contributed by atoms with E-state index in [1.165, 1.54) is 6.20 Å². The van der Waals surface area contributed by atoms with Crippen LogP contribution >= 0.6 is 23.2 Å². The van der Waals surface area contributed by atoms with Crippen LogP contribution in [-0.4, -0.2) is 58.4 Å². The van der Waals surface area contributed by atoms with E-state index in [-0.39, 0.29) is 33.8 Å². The molecule has 0 saturated carbocycles. The van der Waals surface area contributed by atoms with Crippen molar-refractivity contribution >= 4 is 41.1 Å².